The number of rotatable bonds is 5. The first kappa shape index (κ1) is 15.1. The summed E-state index contributed by atoms with van der Waals surface area (Å²) in [7, 11) is 0. The van der Waals surface area contributed by atoms with Crippen LogP contribution in [0.1, 0.15) is 6.92 Å². The van der Waals surface area contributed by atoms with E-state index in [0.29, 0.717) is 10.0 Å². The lowest BCUT2D eigenvalue weighted by molar-refractivity contribution is -0.140. The SMILES string of the molecule is CC(=O)N[C@@H](CSc1cc(Cl)cc(Cl)c1)C(=O)O. The molecule has 0 unspecified atom stereocenters. The van der Waals surface area contributed by atoms with Crippen molar-refractivity contribution >= 4 is 46.8 Å². The van der Waals surface area contributed by atoms with Crippen LogP contribution < -0.4 is 5.32 Å². The molecule has 0 spiro atoms. The summed E-state index contributed by atoms with van der Waals surface area (Å²) in [5.41, 5.74) is 0. The van der Waals surface area contributed by atoms with Gasteiger partial charge in [0.2, 0.25) is 5.91 Å². The van der Waals surface area contributed by atoms with Gasteiger partial charge >= 0.3 is 5.97 Å². The van der Waals surface area contributed by atoms with Crippen LogP contribution >= 0.6 is 35.0 Å². The van der Waals surface area contributed by atoms with E-state index in [4.69, 9.17) is 28.3 Å². The van der Waals surface area contributed by atoms with Crippen molar-refractivity contribution in [2.75, 3.05) is 5.75 Å². The smallest absolute Gasteiger partial charge is 0.327 e. The van der Waals surface area contributed by atoms with Gasteiger partial charge in [-0.3, -0.25) is 4.79 Å². The predicted octanol–water partition coefficient (Wildman–Crippen LogP) is 2.67. The second kappa shape index (κ2) is 6.87. The van der Waals surface area contributed by atoms with E-state index < -0.39 is 12.0 Å². The molecule has 1 aromatic carbocycles. The minimum atomic E-state index is -1.08. The molecule has 0 aromatic heterocycles. The minimum absolute atomic E-state index is 0.200. The third-order valence-corrected chi connectivity index (χ3v) is 3.43. The van der Waals surface area contributed by atoms with Gasteiger partial charge in [-0.15, -0.1) is 11.8 Å². The third-order valence-electron chi connectivity index (χ3n) is 1.93. The molecular weight excluding hydrogens is 297 g/mol. The predicted molar refractivity (Wildman–Crippen MR) is 72.4 cm³/mol. The van der Waals surface area contributed by atoms with E-state index in [2.05, 4.69) is 5.32 Å². The molecule has 0 aliphatic rings. The number of aliphatic carboxylic acids is 1. The average Bonchev–Trinajstić information content (AvgIpc) is 2.21. The van der Waals surface area contributed by atoms with Crippen LogP contribution in [0.2, 0.25) is 10.0 Å². The quantitative estimate of drug-likeness (QED) is 0.821. The Morgan fingerprint density at radius 3 is 2.33 bits per heavy atom. The lowest BCUT2D eigenvalue weighted by Crippen LogP contribution is -2.41. The molecule has 18 heavy (non-hydrogen) atoms. The molecule has 0 aliphatic carbocycles. The summed E-state index contributed by atoms with van der Waals surface area (Å²) in [6, 6.07) is 4.02. The standard InChI is InChI=1S/C11H11Cl2NO3S/c1-6(15)14-10(11(16)17)5-18-9-3-7(12)2-8(13)4-9/h2-4,10H,5H2,1H3,(H,14,15)(H,16,17)/t10-/m0/s1. The highest BCUT2D eigenvalue weighted by molar-refractivity contribution is 7.99. The molecule has 7 heteroatoms. The van der Waals surface area contributed by atoms with Crippen molar-refractivity contribution in [2.24, 2.45) is 0 Å². The summed E-state index contributed by atoms with van der Waals surface area (Å²) in [5, 5.41) is 12.2. The summed E-state index contributed by atoms with van der Waals surface area (Å²) in [4.78, 5) is 22.5. The lowest BCUT2D eigenvalue weighted by atomic mass is 10.3. The number of hydrogen-bond acceptors (Lipinski definition) is 3. The number of amides is 1. The van der Waals surface area contributed by atoms with Gasteiger partial charge in [0, 0.05) is 27.6 Å². The van der Waals surface area contributed by atoms with Crippen molar-refractivity contribution in [3.63, 3.8) is 0 Å². The van der Waals surface area contributed by atoms with Crippen molar-refractivity contribution in [2.45, 2.75) is 17.9 Å². The second-order valence-electron chi connectivity index (χ2n) is 3.51. The molecule has 98 valence electrons. The second-order valence-corrected chi connectivity index (χ2v) is 5.47. The Morgan fingerprint density at radius 2 is 1.89 bits per heavy atom. The largest absolute Gasteiger partial charge is 0.480 e. The van der Waals surface area contributed by atoms with Gasteiger partial charge in [0.25, 0.3) is 0 Å². The van der Waals surface area contributed by atoms with Crippen molar-refractivity contribution in [3.05, 3.63) is 28.2 Å². The Hall–Kier alpha value is -0.910. The summed E-state index contributed by atoms with van der Waals surface area (Å²) in [6.07, 6.45) is 0. The van der Waals surface area contributed by atoms with Crippen molar-refractivity contribution in [1.29, 1.82) is 0 Å². The molecule has 1 amide bonds. The molecule has 2 N–H and O–H groups in total. The maximum Gasteiger partial charge on any atom is 0.327 e. The number of benzene rings is 1. The molecule has 4 nitrogen and oxygen atoms in total. The molecule has 1 atom stereocenters. The fourth-order valence-electron chi connectivity index (χ4n) is 1.21. The first-order valence-electron chi connectivity index (χ1n) is 4.97. The Labute approximate surface area is 119 Å². The van der Waals surface area contributed by atoms with Crippen molar-refractivity contribution < 1.29 is 14.7 Å². The monoisotopic (exact) mass is 307 g/mol. The van der Waals surface area contributed by atoms with Crippen LogP contribution in [0.5, 0.6) is 0 Å². The van der Waals surface area contributed by atoms with Crippen molar-refractivity contribution in [1.82, 2.24) is 5.32 Å². The molecule has 0 saturated carbocycles. The van der Waals surface area contributed by atoms with Crippen LogP contribution in [0.3, 0.4) is 0 Å². The third kappa shape index (κ3) is 5.16. The molecule has 1 aromatic rings. The zero-order chi connectivity index (χ0) is 13.7. The number of carboxylic acids is 1. The van der Waals surface area contributed by atoms with Gasteiger partial charge in [-0.05, 0) is 18.2 Å². The van der Waals surface area contributed by atoms with E-state index in [-0.39, 0.29) is 11.7 Å². The van der Waals surface area contributed by atoms with Gasteiger partial charge in [0.1, 0.15) is 6.04 Å². The van der Waals surface area contributed by atoms with Gasteiger partial charge in [-0.2, -0.15) is 0 Å². The van der Waals surface area contributed by atoms with E-state index >= 15 is 0 Å². The number of carbonyl (C=O) groups is 2. The van der Waals surface area contributed by atoms with Crippen LogP contribution in [0.4, 0.5) is 0 Å². The number of carbonyl (C=O) groups excluding carboxylic acids is 1. The van der Waals surface area contributed by atoms with Gasteiger partial charge in [-0.1, -0.05) is 23.2 Å². The Bertz CT molecular complexity index is 447. The first-order chi connectivity index (χ1) is 8.38. The summed E-state index contributed by atoms with van der Waals surface area (Å²) in [6.45, 7) is 1.27. The Morgan fingerprint density at radius 1 is 1.33 bits per heavy atom. The minimum Gasteiger partial charge on any atom is -0.480 e. The summed E-state index contributed by atoms with van der Waals surface area (Å²) < 4.78 is 0. The fraction of sp³-hybridized carbons (Fsp3) is 0.273. The molecule has 0 aliphatic heterocycles. The van der Waals surface area contributed by atoms with Crippen LogP contribution in [0, 0.1) is 0 Å². The number of nitrogens with one attached hydrogen (secondary N) is 1. The van der Waals surface area contributed by atoms with E-state index in [1.54, 1.807) is 18.2 Å². The summed E-state index contributed by atoms with van der Waals surface area (Å²) in [5.74, 6) is -1.26. The fourth-order valence-corrected chi connectivity index (χ4v) is 2.87. The molecular formula is C11H11Cl2NO3S. The van der Waals surface area contributed by atoms with Gasteiger partial charge in [0.15, 0.2) is 0 Å². The maximum atomic E-state index is 10.9. The first-order valence-corrected chi connectivity index (χ1v) is 6.71. The van der Waals surface area contributed by atoms with E-state index in [1.165, 1.54) is 18.7 Å². The van der Waals surface area contributed by atoms with Crippen LogP contribution in [-0.4, -0.2) is 28.8 Å². The topological polar surface area (TPSA) is 66.4 Å². The number of carboxylic acid groups (broad SMARTS) is 1. The molecule has 0 heterocycles. The molecule has 0 fully saturated rings. The van der Waals surface area contributed by atoms with Crippen LogP contribution in [0.25, 0.3) is 0 Å². The normalized spacial score (nSPS) is 11.9. The number of thioether (sulfide) groups is 1. The highest BCUT2D eigenvalue weighted by Gasteiger charge is 2.18. The van der Waals surface area contributed by atoms with Gasteiger partial charge in [-0.25, -0.2) is 4.79 Å². The maximum absolute atomic E-state index is 10.9. The van der Waals surface area contributed by atoms with E-state index in [1.807, 2.05) is 0 Å². The molecule has 1 rings (SSSR count). The zero-order valence-corrected chi connectivity index (χ0v) is 11.8. The highest BCUT2D eigenvalue weighted by Crippen LogP contribution is 2.26. The zero-order valence-electron chi connectivity index (χ0n) is 9.44. The molecule has 0 saturated heterocycles. The molecule has 0 bridgehead atoms. The Balaban J connectivity index is 2.66. The van der Waals surface area contributed by atoms with E-state index in [0.717, 1.165) is 4.90 Å². The molecule has 0 radical (unpaired) electrons. The van der Waals surface area contributed by atoms with Crippen molar-refractivity contribution in [3.8, 4) is 0 Å². The lowest BCUT2D eigenvalue weighted by Gasteiger charge is -2.12. The van der Waals surface area contributed by atoms with Gasteiger partial charge < -0.3 is 10.4 Å². The average molecular weight is 308 g/mol. The summed E-state index contributed by atoms with van der Waals surface area (Å²) >= 11 is 12.9. The van der Waals surface area contributed by atoms with Gasteiger partial charge in [0.05, 0.1) is 0 Å². The van der Waals surface area contributed by atoms with Crippen LogP contribution in [-0.2, 0) is 9.59 Å². The Kier molecular flexibility index (Phi) is 5.78. The van der Waals surface area contributed by atoms with E-state index in [9.17, 15) is 9.59 Å². The highest BCUT2D eigenvalue weighted by atomic mass is 35.5. The number of halogens is 2. The van der Waals surface area contributed by atoms with Crippen LogP contribution in [0.15, 0.2) is 23.1 Å². The number of hydrogen-bond donors (Lipinski definition) is 2.